The lowest BCUT2D eigenvalue weighted by molar-refractivity contribution is 0.291. The van der Waals surface area contributed by atoms with Crippen molar-refractivity contribution in [3.8, 4) is 5.75 Å². The van der Waals surface area contributed by atoms with E-state index in [4.69, 9.17) is 10.5 Å². The molecule has 3 heteroatoms. The highest BCUT2D eigenvalue weighted by atomic mass is 19.1. The summed E-state index contributed by atoms with van der Waals surface area (Å²) in [6.07, 6.45) is 9.94. The minimum Gasteiger partial charge on any atom is -0.488 e. The first-order chi connectivity index (χ1) is 9.25. The van der Waals surface area contributed by atoms with Crippen LogP contribution < -0.4 is 10.5 Å². The van der Waals surface area contributed by atoms with Crippen molar-refractivity contribution >= 4 is 5.69 Å². The second-order valence-electron chi connectivity index (χ2n) is 4.98. The van der Waals surface area contributed by atoms with Gasteiger partial charge in [-0.1, -0.05) is 57.9 Å². The molecule has 0 aliphatic rings. The van der Waals surface area contributed by atoms with E-state index in [0.717, 1.165) is 12.8 Å². The van der Waals surface area contributed by atoms with Crippen LogP contribution in [0.2, 0.25) is 0 Å². The number of unbranched alkanes of at least 4 members (excludes halogenated alkanes) is 7. The van der Waals surface area contributed by atoms with E-state index in [0.29, 0.717) is 12.3 Å². The molecule has 0 fully saturated rings. The Bertz CT molecular complexity index is 334. The van der Waals surface area contributed by atoms with Gasteiger partial charge in [-0.3, -0.25) is 0 Å². The second kappa shape index (κ2) is 9.65. The first-order valence-corrected chi connectivity index (χ1v) is 7.42. The fraction of sp³-hybridized carbons (Fsp3) is 0.625. The Balaban J connectivity index is 2.05. The smallest absolute Gasteiger partial charge is 0.177 e. The Morgan fingerprint density at radius 2 is 1.63 bits per heavy atom. The Morgan fingerprint density at radius 3 is 2.26 bits per heavy atom. The van der Waals surface area contributed by atoms with Gasteiger partial charge in [0, 0.05) is 0 Å². The summed E-state index contributed by atoms with van der Waals surface area (Å²) < 4.78 is 18.8. The zero-order valence-electron chi connectivity index (χ0n) is 12.0. The molecule has 0 unspecified atom stereocenters. The molecule has 0 bridgehead atoms. The molecule has 1 aromatic rings. The van der Waals surface area contributed by atoms with Crippen LogP contribution in [0.1, 0.15) is 58.3 Å². The van der Waals surface area contributed by atoms with E-state index < -0.39 is 0 Å². The Morgan fingerprint density at radius 1 is 1.00 bits per heavy atom. The first-order valence-electron chi connectivity index (χ1n) is 7.42. The molecule has 2 N–H and O–H groups in total. The summed E-state index contributed by atoms with van der Waals surface area (Å²) in [4.78, 5) is 0. The number of nitrogen functional groups attached to an aromatic ring is 1. The van der Waals surface area contributed by atoms with Gasteiger partial charge in [0.15, 0.2) is 11.6 Å². The number of para-hydroxylation sites is 1. The SMILES string of the molecule is CCCCCCCCCCOc1c(N)cccc1F. The van der Waals surface area contributed by atoms with Crippen molar-refractivity contribution < 1.29 is 9.13 Å². The maximum Gasteiger partial charge on any atom is 0.177 e. The molecule has 0 atom stereocenters. The normalized spacial score (nSPS) is 10.6. The molecule has 0 radical (unpaired) electrons. The molecule has 0 aliphatic carbocycles. The number of halogens is 1. The van der Waals surface area contributed by atoms with Crippen molar-refractivity contribution in [2.24, 2.45) is 0 Å². The van der Waals surface area contributed by atoms with Crippen molar-refractivity contribution in [1.29, 1.82) is 0 Å². The average molecular weight is 267 g/mol. The lowest BCUT2D eigenvalue weighted by atomic mass is 10.1. The topological polar surface area (TPSA) is 35.2 Å². The van der Waals surface area contributed by atoms with Crippen LogP contribution in [0.5, 0.6) is 5.75 Å². The molecule has 19 heavy (non-hydrogen) atoms. The van der Waals surface area contributed by atoms with Gasteiger partial charge in [-0.05, 0) is 18.6 Å². The van der Waals surface area contributed by atoms with Crippen LogP contribution in [0.3, 0.4) is 0 Å². The number of rotatable bonds is 10. The molecule has 108 valence electrons. The van der Waals surface area contributed by atoms with Crippen LogP contribution in [0.15, 0.2) is 18.2 Å². The lowest BCUT2D eigenvalue weighted by Crippen LogP contribution is -2.02. The number of nitrogens with two attached hydrogens (primary N) is 1. The monoisotopic (exact) mass is 267 g/mol. The third kappa shape index (κ3) is 6.46. The molecule has 1 aromatic carbocycles. The molecule has 0 aromatic heterocycles. The highest BCUT2D eigenvalue weighted by Gasteiger charge is 2.06. The number of anilines is 1. The Kier molecular flexibility index (Phi) is 8.03. The third-order valence-electron chi connectivity index (χ3n) is 3.24. The van der Waals surface area contributed by atoms with E-state index in [1.54, 1.807) is 12.1 Å². The fourth-order valence-electron chi connectivity index (χ4n) is 2.09. The lowest BCUT2D eigenvalue weighted by Gasteiger charge is -2.09. The van der Waals surface area contributed by atoms with Gasteiger partial charge in [-0.25, -0.2) is 4.39 Å². The van der Waals surface area contributed by atoms with Crippen LogP contribution >= 0.6 is 0 Å². The minimum atomic E-state index is -0.375. The van der Waals surface area contributed by atoms with Gasteiger partial charge in [0.25, 0.3) is 0 Å². The van der Waals surface area contributed by atoms with E-state index in [-0.39, 0.29) is 11.6 Å². The zero-order valence-corrected chi connectivity index (χ0v) is 12.0. The molecule has 1 rings (SSSR count). The van der Waals surface area contributed by atoms with Crippen LogP contribution in [0.25, 0.3) is 0 Å². The summed E-state index contributed by atoms with van der Waals surface area (Å²) in [5.41, 5.74) is 6.04. The summed E-state index contributed by atoms with van der Waals surface area (Å²) in [6.45, 7) is 2.77. The van der Waals surface area contributed by atoms with Gasteiger partial charge in [0.1, 0.15) is 0 Å². The van der Waals surface area contributed by atoms with E-state index in [9.17, 15) is 4.39 Å². The van der Waals surface area contributed by atoms with Gasteiger partial charge in [0.05, 0.1) is 12.3 Å². The van der Waals surface area contributed by atoms with E-state index in [1.165, 1.54) is 44.6 Å². The summed E-state index contributed by atoms with van der Waals surface area (Å²) in [6, 6.07) is 4.62. The second-order valence-corrected chi connectivity index (χ2v) is 4.98. The van der Waals surface area contributed by atoms with Crippen molar-refractivity contribution in [2.75, 3.05) is 12.3 Å². The molecule has 0 amide bonds. The maximum atomic E-state index is 13.4. The van der Waals surface area contributed by atoms with Crippen molar-refractivity contribution in [3.63, 3.8) is 0 Å². The predicted octanol–water partition coefficient (Wildman–Crippen LogP) is 4.93. The van der Waals surface area contributed by atoms with Gasteiger partial charge in [-0.2, -0.15) is 0 Å². The van der Waals surface area contributed by atoms with E-state index >= 15 is 0 Å². The summed E-state index contributed by atoms with van der Waals surface area (Å²) in [7, 11) is 0. The fourth-order valence-corrected chi connectivity index (χ4v) is 2.09. The number of hydrogen-bond acceptors (Lipinski definition) is 2. The summed E-state index contributed by atoms with van der Waals surface area (Å²) in [5, 5.41) is 0. The van der Waals surface area contributed by atoms with Gasteiger partial charge in [0.2, 0.25) is 0 Å². The third-order valence-corrected chi connectivity index (χ3v) is 3.24. The van der Waals surface area contributed by atoms with Crippen molar-refractivity contribution in [2.45, 2.75) is 58.3 Å². The molecule has 0 aliphatic heterocycles. The maximum absolute atomic E-state index is 13.4. The van der Waals surface area contributed by atoms with Gasteiger partial charge in [-0.15, -0.1) is 0 Å². The molecule has 2 nitrogen and oxygen atoms in total. The number of ether oxygens (including phenoxy) is 1. The zero-order chi connectivity index (χ0) is 13.9. The van der Waals surface area contributed by atoms with Gasteiger partial charge < -0.3 is 10.5 Å². The number of benzene rings is 1. The van der Waals surface area contributed by atoms with Crippen molar-refractivity contribution in [3.05, 3.63) is 24.0 Å². The minimum absolute atomic E-state index is 0.199. The van der Waals surface area contributed by atoms with E-state index in [1.807, 2.05) is 0 Å². The molecule has 0 saturated heterocycles. The average Bonchev–Trinajstić information content (AvgIpc) is 2.40. The predicted molar refractivity (Wildman–Crippen MR) is 78.9 cm³/mol. The molecule has 0 saturated carbocycles. The number of hydrogen-bond donors (Lipinski definition) is 1. The highest BCUT2D eigenvalue weighted by molar-refractivity contribution is 5.52. The standard InChI is InChI=1S/C16H26FNO/c1-2-3-4-5-6-7-8-9-13-19-16-14(17)11-10-12-15(16)18/h10-12H,2-9,13,18H2,1H3. The van der Waals surface area contributed by atoms with Crippen molar-refractivity contribution in [1.82, 2.24) is 0 Å². The van der Waals surface area contributed by atoms with E-state index in [2.05, 4.69) is 6.92 Å². The van der Waals surface area contributed by atoms with Crippen LogP contribution in [0, 0.1) is 5.82 Å². The largest absolute Gasteiger partial charge is 0.488 e. The van der Waals surface area contributed by atoms with Crippen LogP contribution in [-0.2, 0) is 0 Å². The summed E-state index contributed by atoms with van der Waals surface area (Å²) in [5.74, 6) is -0.176. The van der Waals surface area contributed by atoms with Crippen LogP contribution in [0.4, 0.5) is 10.1 Å². The Labute approximate surface area is 116 Å². The van der Waals surface area contributed by atoms with Crippen LogP contribution in [-0.4, -0.2) is 6.61 Å². The molecular formula is C16H26FNO. The summed E-state index contributed by atoms with van der Waals surface area (Å²) >= 11 is 0. The highest BCUT2D eigenvalue weighted by Crippen LogP contribution is 2.24. The molecular weight excluding hydrogens is 241 g/mol. The quantitative estimate of drug-likeness (QED) is 0.482. The first kappa shape index (κ1) is 15.8. The van der Waals surface area contributed by atoms with Gasteiger partial charge >= 0.3 is 0 Å². The molecule has 0 heterocycles. The molecule has 0 spiro atoms. The Hall–Kier alpha value is -1.25.